The number of hydrogen-bond donors (Lipinski definition) is 2. The Morgan fingerprint density at radius 1 is 1.13 bits per heavy atom. The van der Waals surface area contributed by atoms with Crippen molar-refractivity contribution in [2.24, 2.45) is 5.14 Å². The van der Waals surface area contributed by atoms with Gasteiger partial charge in [0.2, 0.25) is 10.0 Å². The Morgan fingerprint density at radius 2 is 1.74 bits per heavy atom. The Labute approximate surface area is 144 Å². The summed E-state index contributed by atoms with van der Waals surface area (Å²) in [6.07, 6.45) is 0. The van der Waals surface area contributed by atoms with Gasteiger partial charge in [-0.2, -0.15) is 0 Å². The van der Waals surface area contributed by atoms with E-state index in [0.717, 1.165) is 5.56 Å². The fraction of sp³-hybridized carbons (Fsp3) is 0.133. The molecule has 0 spiro atoms. The average molecular weight is 373 g/mol. The molecule has 0 saturated carbocycles. The topological polar surface area (TPSA) is 89.3 Å². The van der Waals surface area contributed by atoms with E-state index in [4.69, 9.17) is 28.3 Å². The molecule has 0 heterocycles. The molecule has 0 radical (unpaired) electrons. The molecule has 0 fully saturated rings. The molecule has 0 aromatic heterocycles. The molecule has 2 aromatic carbocycles. The van der Waals surface area contributed by atoms with Crippen LogP contribution in [-0.2, 0) is 10.0 Å². The van der Waals surface area contributed by atoms with Crippen LogP contribution in [0, 0.1) is 0 Å². The number of nitrogens with two attached hydrogens (primary N) is 1. The number of rotatable bonds is 4. The van der Waals surface area contributed by atoms with E-state index in [9.17, 15) is 13.2 Å². The number of sulfonamides is 1. The summed E-state index contributed by atoms with van der Waals surface area (Å²) in [5.74, 6) is -0.352. The van der Waals surface area contributed by atoms with Gasteiger partial charge in [-0.1, -0.05) is 35.3 Å². The molecule has 5 nitrogen and oxygen atoms in total. The number of carbonyl (C=O) groups excluding carboxylic acids is 1. The highest BCUT2D eigenvalue weighted by atomic mass is 35.5. The van der Waals surface area contributed by atoms with Crippen molar-refractivity contribution < 1.29 is 13.2 Å². The quantitative estimate of drug-likeness (QED) is 0.863. The molecule has 3 N–H and O–H groups in total. The summed E-state index contributed by atoms with van der Waals surface area (Å²) in [4.78, 5) is 12.2. The lowest BCUT2D eigenvalue weighted by Crippen LogP contribution is -2.27. The first-order chi connectivity index (χ1) is 10.7. The monoisotopic (exact) mass is 372 g/mol. The molecule has 0 aliphatic rings. The third-order valence-electron chi connectivity index (χ3n) is 3.23. The minimum atomic E-state index is -3.74. The van der Waals surface area contributed by atoms with Gasteiger partial charge in [-0.15, -0.1) is 0 Å². The SMILES string of the molecule is C[C@H](NC(=O)c1ccc(Cl)cc1Cl)c1ccc(S(N)(=O)=O)cc1. The third kappa shape index (κ3) is 4.45. The predicted molar refractivity (Wildman–Crippen MR) is 90.2 cm³/mol. The van der Waals surface area contributed by atoms with Gasteiger partial charge in [-0.3, -0.25) is 4.79 Å². The van der Waals surface area contributed by atoms with Crippen LogP contribution in [0.25, 0.3) is 0 Å². The molecule has 0 saturated heterocycles. The van der Waals surface area contributed by atoms with Crippen LogP contribution in [0.4, 0.5) is 0 Å². The van der Waals surface area contributed by atoms with E-state index in [0.29, 0.717) is 10.6 Å². The Bertz CT molecular complexity index is 836. The molecular formula is C15H14Cl2N2O3S. The summed E-state index contributed by atoms with van der Waals surface area (Å²) in [7, 11) is -3.74. The van der Waals surface area contributed by atoms with Crippen molar-refractivity contribution in [1.82, 2.24) is 5.32 Å². The lowest BCUT2D eigenvalue weighted by Gasteiger charge is -2.15. The maximum absolute atomic E-state index is 12.2. The van der Waals surface area contributed by atoms with Crippen LogP contribution < -0.4 is 10.5 Å². The fourth-order valence-electron chi connectivity index (χ4n) is 1.98. The van der Waals surface area contributed by atoms with E-state index in [2.05, 4.69) is 5.32 Å². The highest BCUT2D eigenvalue weighted by Gasteiger charge is 2.15. The molecule has 1 atom stereocenters. The van der Waals surface area contributed by atoms with Crippen LogP contribution in [0.5, 0.6) is 0 Å². The van der Waals surface area contributed by atoms with Crippen LogP contribution >= 0.6 is 23.2 Å². The van der Waals surface area contributed by atoms with Gasteiger partial charge in [0.25, 0.3) is 5.91 Å². The highest BCUT2D eigenvalue weighted by molar-refractivity contribution is 7.89. The summed E-state index contributed by atoms with van der Waals surface area (Å²) in [5.41, 5.74) is 1.04. The normalized spacial score (nSPS) is 12.7. The Balaban J connectivity index is 2.15. The van der Waals surface area contributed by atoms with Crippen LogP contribution in [0.15, 0.2) is 47.4 Å². The molecule has 0 unspecified atom stereocenters. The molecule has 122 valence electrons. The van der Waals surface area contributed by atoms with E-state index >= 15 is 0 Å². The molecule has 2 rings (SSSR count). The molecule has 23 heavy (non-hydrogen) atoms. The number of carbonyl (C=O) groups is 1. The lowest BCUT2D eigenvalue weighted by molar-refractivity contribution is 0.0940. The van der Waals surface area contributed by atoms with Gasteiger partial charge in [-0.25, -0.2) is 13.6 Å². The minimum Gasteiger partial charge on any atom is -0.345 e. The molecule has 8 heteroatoms. The first-order valence-electron chi connectivity index (χ1n) is 6.57. The van der Waals surface area contributed by atoms with E-state index in [1.165, 1.54) is 24.3 Å². The zero-order valence-electron chi connectivity index (χ0n) is 12.1. The van der Waals surface area contributed by atoms with E-state index in [1.54, 1.807) is 25.1 Å². The van der Waals surface area contributed by atoms with Crippen LogP contribution in [0.3, 0.4) is 0 Å². The summed E-state index contributed by atoms with van der Waals surface area (Å²) in [6, 6.07) is 10.2. The van der Waals surface area contributed by atoms with E-state index in [-0.39, 0.29) is 21.9 Å². The van der Waals surface area contributed by atoms with Crippen molar-refractivity contribution in [2.45, 2.75) is 17.9 Å². The number of primary sulfonamides is 1. The molecule has 2 aromatic rings. The van der Waals surface area contributed by atoms with E-state index in [1.807, 2.05) is 0 Å². The maximum atomic E-state index is 12.2. The first kappa shape index (κ1) is 17.7. The van der Waals surface area contributed by atoms with E-state index < -0.39 is 10.0 Å². The first-order valence-corrected chi connectivity index (χ1v) is 8.87. The average Bonchev–Trinajstić information content (AvgIpc) is 2.46. The van der Waals surface area contributed by atoms with Crippen LogP contribution in [0.2, 0.25) is 10.0 Å². The molecule has 0 bridgehead atoms. The molecule has 0 aliphatic heterocycles. The lowest BCUT2D eigenvalue weighted by atomic mass is 10.1. The van der Waals surface area contributed by atoms with Gasteiger partial charge in [0.05, 0.1) is 21.5 Å². The second-order valence-electron chi connectivity index (χ2n) is 4.93. The van der Waals surface area contributed by atoms with Gasteiger partial charge in [0.1, 0.15) is 0 Å². The zero-order chi connectivity index (χ0) is 17.2. The predicted octanol–water partition coefficient (Wildman–Crippen LogP) is 3.13. The largest absolute Gasteiger partial charge is 0.345 e. The van der Waals surface area contributed by atoms with Gasteiger partial charge < -0.3 is 5.32 Å². The summed E-state index contributed by atoms with van der Waals surface area (Å²) in [6.45, 7) is 1.77. The Morgan fingerprint density at radius 3 is 2.26 bits per heavy atom. The summed E-state index contributed by atoms with van der Waals surface area (Å²) in [5, 5.41) is 8.53. The number of halogens is 2. The number of benzene rings is 2. The van der Waals surface area contributed by atoms with Crippen LogP contribution in [-0.4, -0.2) is 14.3 Å². The molecular weight excluding hydrogens is 359 g/mol. The van der Waals surface area contributed by atoms with Crippen molar-refractivity contribution in [1.29, 1.82) is 0 Å². The Kier molecular flexibility index (Phi) is 5.31. The number of amides is 1. The fourth-order valence-corrected chi connectivity index (χ4v) is 2.99. The standard InChI is InChI=1S/C15H14Cl2N2O3S/c1-9(10-2-5-12(6-3-10)23(18,21)22)19-15(20)13-7-4-11(16)8-14(13)17/h2-9H,1H3,(H,19,20)(H2,18,21,22)/t9-/m0/s1. The zero-order valence-corrected chi connectivity index (χ0v) is 14.4. The second kappa shape index (κ2) is 6.88. The van der Waals surface area contributed by atoms with Crippen molar-refractivity contribution >= 4 is 39.1 Å². The van der Waals surface area contributed by atoms with Gasteiger partial charge >= 0.3 is 0 Å². The highest BCUT2D eigenvalue weighted by Crippen LogP contribution is 2.22. The van der Waals surface area contributed by atoms with Crippen molar-refractivity contribution in [3.63, 3.8) is 0 Å². The third-order valence-corrected chi connectivity index (χ3v) is 4.71. The van der Waals surface area contributed by atoms with Crippen molar-refractivity contribution in [3.05, 3.63) is 63.6 Å². The minimum absolute atomic E-state index is 0.0144. The Hall–Kier alpha value is -1.60. The second-order valence-corrected chi connectivity index (χ2v) is 7.34. The van der Waals surface area contributed by atoms with Gasteiger partial charge in [0, 0.05) is 5.02 Å². The smallest absolute Gasteiger partial charge is 0.253 e. The number of nitrogens with one attached hydrogen (secondary N) is 1. The van der Waals surface area contributed by atoms with Crippen molar-refractivity contribution in [2.75, 3.05) is 0 Å². The summed E-state index contributed by atoms with van der Waals surface area (Å²) < 4.78 is 22.4. The van der Waals surface area contributed by atoms with Gasteiger partial charge in [0.15, 0.2) is 0 Å². The molecule has 1 amide bonds. The molecule has 0 aliphatic carbocycles. The maximum Gasteiger partial charge on any atom is 0.253 e. The number of hydrogen-bond acceptors (Lipinski definition) is 3. The van der Waals surface area contributed by atoms with Crippen LogP contribution in [0.1, 0.15) is 28.9 Å². The summed E-state index contributed by atoms with van der Waals surface area (Å²) >= 11 is 11.8. The van der Waals surface area contributed by atoms with Gasteiger partial charge in [-0.05, 0) is 42.8 Å². The van der Waals surface area contributed by atoms with Crippen molar-refractivity contribution in [3.8, 4) is 0 Å².